The van der Waals surface area contributed by atoms with E-state index in [0.717, 1.165) is 5.56 Å². The Balaban J connectivity index is 1.74. The lowest BCUT2D eigenvalue weighted by molar-refractivity contribution is 0.0600. The fourth-order valence-corrected chi connectivity index (χ4v) is 2.56. The van der Waals surface area contributed by atoms with Crippen LogP contribution in [0.5, 0.6) is 5.75 Å². The van der Waals surface area contributed by atoms with E-state index >= 15 is 0 Å². The maximum absolute atomic E-state index is 12.7. The monoisotopic (exact) mass is 361 g/mol. The van der Waals surface area contributed by atoms with Gasteiger partial charge in [-0.3, -0.25) is 4.79 Å². The predicted molar refractivity (Wildman–Crippen MR) is 103 cm³/mol. The summed E-state index contributed by atoms with van der Waals surface area (Å²) >= 11 is 0. The highest BCUT2D eigenvalue weighted by atomic mass is 16.5. The molecule has 0 atom stereocenters. The summed E-state index contributed by atoms with van der Waals surface area (Å²) in [5.41, 5.74) is 2.29. The van der Waals surface area contributed by atoms with Crippen LogP contribution in [0.2, 0.25) is 0 Å². The van der Waals surface area contributed by atoms with Crippen molar-refractivity contribution in [2.24, 2.45) is 0 Å². The molecule has 0 radical (unpaired) electrons. The third-order valence-electron chi connectivity index (χ3n) is 3.91. The molecule has 5 heteroatoms. The van der Waals surface area contributed by atoms with Crippen LogP contribution in [-0.2, 0) is 11.3 Å². The van der Waals surface area contributed by atoms with E-state index in [0.29, 0.717) is 29.2 Å². The number of nitrogens with one attached hydrogen (secondary N) is 1. The number of rotatable bonds is 6. The first-order valence-electron chi connectivity index (χ1n) is 8.43. The summed E-state index contributed by atoms with van der Waals surface area (Å²) in [7, 11) is 1.31. The van der Waals surface area contributed by atoms with Crippen molar-refractivity contribution >= 4 is 17.6 Å². The molecule has 0 aliphatic heterocycles. The third-order valence-corrected chi connectivity index (χ3v) is 3.91. The van der Waals surface area contributed by atoms with E-state index in [1.807, 2.05) is 36.4 Å². The van der Waals surface area contributed by atoms with Crippen LogP contribution in [0.3, 0.4) is 0 Å². The molecule has 0 aromatic heterocycles. The number of amides is 1. The van der Waals surface area contributed by atoms with Gasteiger partial charge in [-0.1, -0.05) is 48.5 Å². The summed E-state index contributed by atoms with van der Waals surface area (Å²) in [6, 6.07) is 23.3. The number of anilines is 1. The van der Waals surface area contributed by atoms with Gasteiger partial charge in [0, 0.05) is 5.69 Å². The molecule has 0 unspecified atom stereocenters. The summed E-state index contributed by atoms with van der Waals surface area (Å²) in [6.45, 7) is 0.364. The standard InChI is InChI=1S/C22H19NO4/c1-26-22(25)17-10-7-11-18(14-17)23-21(24)19-12-5-6-13-20(19)27-15-16-8-3-2-4-9-16/h2-14H,15H2,1H3,(H,23,24). The first kappa shape index (κ1) is 18.2. The molecule has 3 aromatic rings. The van der Waals surface area contributed by atoms with E-state index in [1.54, 1.807) is 42.5 Å². The van der Waals surface area contributed by atoms with E-state index in [2.05, 4.69) is 5.32 Å². The second kappa shape index (κ2) is 8.67. The number of hydrogen-bond donors (Lipinski definition) is 1. The minimum absolute atomic E-state index is 0.319. The average Bonchev–Trinajstić information content (AvgIpc) is 2.72. The van der Waals surface area contributed by atoms with E-state index in [1.165, 1.54) is 7.11 Å². The number of ether oxygens (including phenoxy) is 2. The lowest BCUT2D eigenvalue weighted by Gasteiger charge is -2.12. The van der Waals surface area contributed by atoms with Crippen LogP contribution in [0.4, 0.5) is 5.69 Å². The number of carbonyl (C=O) groups is 2. The second-order valence-corrected chi connectivity index (χ2v) is 5.80. The molecule has 0 saturated heterocycles. The average molecular weight is 361 g/mol. The third kappa shape index (κ3) is 4.73. The first-order chi connectivity index (χ1) is 13.2. The van der Waals surface area contributed by atoms with E-state index in [4.69, 9.17) is 9.47 Å². The van der Waals surface area contributed by atoms with Crippen molar-refractivity contribution in [2.45, 2.75) is 6.61 Å². The van der Waals surface area contributed by atoms with Gasteiger partial charge in [-0.2, -0.15) is 0 Å². The normalized spacial score (nSPS) is 10.1. The maximum atomic E-state index is 12.7. The summed E-state index contributed by atoms with van der Waals surface area (Å²) < 4.78 is 10.5. The number of para-hydroxylation sites is 1. The molecule has 1 N–H and O–H groups in total. The van der Waals surface area contributed by atoms with Crippen LogP contribution in [0, 0.1) is 0 Å². The molecule has 0 fully saturated rings. The van der Waals surface area contributed by atoms with Crippen LogP contribution < -0.4 is 10.1 Å². The Morgan fingerprint density at radius 1 is 0.889 bits per heavy atom. The van der Waals surface area contributed by atoms with Crippen LogP contribution >= 0.6 is 0 Å². The highest BCUT2D eigenvalue weighted by Gasteiger charge is 2.14. The van der Waals surface area contributed by atoms with Gasteiger partial charge >= 0.3 is 5.97 Å². The fourth-order valence-electron chi connectivity index (χ4n) is 2.56. The molecular weight excluding hydrogens is 342 g/mol. The van der Waals surface area contributed by atoms with Crippen molar-refractivity contribution in [3.8, 4) is 5.75 Å². The largest absolute Gasteiger partial charge is 0.488 e. The van der Waals surface area contributed by atoms with Crippen molar-refractivity contribution in [2.75, 3.05) is 12.4 Å². The van der Waals surface area contributed by atoms with Crippen LogP contribution in [-0.4, -0.2) is 19.0 Å². The SMILES string of the molecule is COC(=O)c1cccc(NC(=O)c2ccccc2OCc2ccccc2)c1. The topological polar surface area (TPSA) is 64.6 Å². The van der Waals surface area contributed by atoms with Crippen molar-refractivity contribution in [3.63, 3.8) is 0 Å². The lowest BCUT2D eigenvalue weighted by Crippen LogP contribution is -2.14. The Bertz CT molecular complexity index is 938. The van der Waals surface area contributed by atoms with Crippen molar-refractivity contribution in [3.05, 3.63) is 95.6 Å². The van der Waals surface area contributed by atoms with Gasteiger partial charge in [0.2, 0.25) is 0 Å². The Hall–Kier alpha value is -3.60. The van der Waals surface area contributed by atoms with Gasteiger partial charge in [0.25, 0.3) is 5.91 Å². The minimum atomic E-state index is -0.460. The zero-order chi connectivity index (χ0) is 19.1. The molecule has 0 spiro atoms. The molecule has 0 saturated carbocycles. The highest BCUT2D eigenvalue weighted by Crippen LogP contribution is 2.21. The van der Waals surface area contributed by atoms with Crippen LogP contribution in [0.15, 0.2) is 78.9 Å². The fraction of sp³-hybridized carbons (Fsp3) is 0.0909. The smallest absolute Gasteiger partial charge is 0.337 e. The molecular formula is C22H19NO4. The molecule has 0 aliphatic carbocycles. The summed E-state index contributed by atoms with van der Waals surface area (Å²) in [5.74, 6) is -0.290. The Labute approximate surface area is 157 Å². The number of methoxy groups -OCH3 is 1. The molecule has 0 aliphatic rings. The van der Waals surface area contributed by atoms with Crippen LogP contribution in [0.1, 0.15) is 26.3 Å². The molecule has 0 heterocycles. The summed E-state index contributed by atoms with van der Waals surface area (Å²) in [4.78, 5) is 24.3. The number of benzene rings is 3. The summed E-state index contributed by atoms with van der Waals surface area (Å²) in [5, 5.41) is 2.79. The first-order valence-corrected chi connectivity index (χ1v) is 8.43. The highest BCUT2D eigenvalue weighted by molar-refractivity contribution is 6.06. The zero-order valence-electron chi connectivity index (χ0n) is 14.8. The zero-order valence-corrected chi connectivity index (χ0v) is 14.8. The second-order valence-electron chi connectivity index (χ2n) is 5.80. The Kier molecular flexibility index (Phi) is 5.84. The van der Waals surface area contributed by atoms with Gasteiger partial charge in [-0.05, 0) is 35.9 Å². The lowest BCUT2D eigenvalue weighted by atomic mass is 10.1. The molecule has 5 nitrogen and oxygen atoms in total. The molecule has 3 aromatic carbocycles. The van der Waals surface area contributed by atoms with Gasteiger partial charge in [-0.15, -0.1) is 0 Å². The number of hydrogen-bond acceptors (Lipinski definition) is 4. The van der Waals surface area contributed by atoms with Gasteiger partial charge in [-0.25, -0.2) is 4.79 Å². The van der Waals surface area contributed by atoms with Gasteiger partial charge in [0.05, 0.1) is 18.2 Å². The van der Waals surface area contributed by atoms with Gasteiger partial charge in [0.15, 0.2) is 0 Å². The van der Waals surface area contributed by atoms with Gasteiger partial charge in [0.1, 0.15) is 12.4 Å². The van der Waals surface area contributed by atoms with Crippen LogP contribution in [0.25, 0.3) is 0 Å². The molecule has 0 bridgehead atoms. The summed E-state index contributed by atoms with van der Waals surface area (Å²) in [6.07, 6.45) is 0. The molecule has 136 valence electrons. The molecule has 3 rings (SSSR count). The van der Waals surface area contributed by atoms with Gasteiger partial charge < -0.3 is 14.8 Å². The molecule has 27 heavy (non-hydrogen) atoms. The van der Waals surface area contributed by atoms with E-state index < -0.39 is 5.97 Å². The van der Waals surface area contributed by atoms with E-state index in [-0.39, 0.29) is 5.91 Å². The van der Waals surface area contributed by atoms with Crippen molar-refractivity contribution < 1.29 is 19.1 Å². The number of carbonyl (C=O) groups excluding carboxylic acids is 2. The Morgan fingerprint density at radius 3 is 2.41 bits per heavy atom. The number of esters is 1. The predicted octanol–water partition coefficient (Wildman–Crippen LogP) is 4.30. The maximum Gasteiger partial charge on any atom is 0.337 e. The quantitative estimate of drug-likeness (QED) is 0.665. The van der Waals surface area contributed by atoms with Crippen molar-refractivity contribution in [1.29, 1.82) is 0 Å². The minimum Gasteiger partial charge on any atom is -0.488 e. The van der Waals surface area contributed by atoms with E-state index in [9.17, 15) is 9.59 Å². The Morgan fingerprint density at radius 2 is 1.63 bits per heavy atom. The molecule has 1 amide bonds. The van der Waals surface area contributed by atoms with Crippen molar-refractivity contribution in [1.82, 2.24) is 0 Å².